The average molecular weight is 364 g/mol. The summed E-state index contributed by atoms with van der Waals surface area (Å²) < 4.78 is 5.22. The zero-order chi connectivity index (χ0) is 18.8. The number of rotatable bonds is 4. The highest BCUT2D eigenvalue weighted by molar-refractivity contribution is 5.95. The van der Waals surface area contributed by atoms with Crippen LogP contribution in [0.2, 0.25) is 0 Å². The highest BCUT2D eigenvalue weighted by Gasteiger charge is 2.45. The normalized spacial score (nSPS) is 25.6. The first-order chi connectivity index (χ1) is 13.1. The Morgan fingerprint density at radius 3 is 2.41 bits per heavy atom. The van der Waals surface area contributed by atoms with Crippen LogP contribution in [0, 0.1) is 11.8 Å². The number of cyclic esters (lactones) is 1. The molecule has 2 aliphatic heterocycles. The minimum atomic E-state index is -0.525. The van der Waals surface area contributed by atoms with E-state index in [9.17, 15) is 9.59 Å². The summed E-state index contributed by atoms with van der Waals surface area (Å²) in [5.41, 5.74) is 2.17. The molecule has 140 valence electrons. The summed E-state index contributed by atoms with van der Waals surface area (Å²) in [7, 11) is 0. The van der Waals surface area contributed by atoms with E-state index in [1.165, 1.54) is 10.5 Å². The molecule has 0 unspecified atom stereocenters. The Morgan fingerprint density at radius 2 is 1.70 bits per heavy atom. The lowest BCUT2D eigenvalue weighted by atomic mass is 9.95. The van der Waals surface area contributed by atoms with Crippen molar-refractivity contribution in [2.24, 2.45) is 11.8 Å². The molecule has 0 bridgehead atoms. The van der Waals surface area contributed by atoms with Gasteiger partial charge in [-0.3, -0.25) is 9.69 Å². The summed E-state index contributed by atoms with van der Waals surface area (Å²) in [5, 5.41) is 0. The first kappa shape index (κ1) is 17.7. The second kappa shape index (κ2) is 7.53. The number of ether oxygens (including phenoxy) is 1. The molecule has 3 atom stereocenters. The van der Waals surface area contributed by atoms with Gasteiger partial charge in [-0.15, -0.1) is 0 Å². The van der Waals surface area contributed by atoms with Crippen LogP contribution in [0.4, 0.5) is 4.79 Å². The van der Waals surface area contributed by atoms with Crippen LogP contribution in [-0.2, 0) is 16.1 Å². The predicted octanol–water partition coefficient (Wildman–Crippen LogP) is 3.47. The monoisotopic (exact) mass is 364 g/mol. The fourth-order valence-corrected chi connectivity index (χ4v) is 4.12. The Labute approximate surface area is 159 Å². The van der Waals surface area contributed by atoms with Gasteiger partial charge in [-0.1, -0.05) is 67.6 Å². The van der Waals surface area contributed by atoms with Crippen LogP contribution in [-0.4, -0.2) is 41.5 Å². The molecule has 27 heavy (non-hydrogen) atoms. The molecule has 2 saturated heterocycles. The fraction of sp³-hybridized carbons (Fsp3) is 0.364. The number of amides is 2. The van der Waals surface area contributed by atoms with Crippen molar-refractivity contribution in [2.75, 3.05) is 19.7 Å². The molecule has 0 spiro atoms. The molecule has 2 amide bonds. The van der Waals surface area contributed by atoms with Crippen LogP contribution in [0.15, 0.2) is 60.7 Å². The maximum absolute atomic E-state index is 13.2. The third kappa shape index (κ3) is 3.60. The molecule has 2 fully saturated rings. The maximum atomic E-state index is 13.2. The van der Waals surface area contributed by atoms with Crippen molar-refractivity contribution in [3.8, 4) is 0 Å². The van der Waals surface area contributed by atoms with Crippen molar-refractivity contribution in [3.63, 3.8) is 0 Å². The Kier molecular flexibility index (Phi) is 4.94. The number of hydrogen-bond acceptors (Lipinski definition) is 4. The molecule has 0 radical (unpaired) electrons. The van der Waals surface area contributed by atoms with E-state index in [2.05, 4.69) is 24.0 Å². The van der Waals surface area contributed by atoms with E-state index in [0.717, 1.165) is 18.7 Å². The largest absolute Gasteiger partial charge is 0.446 e. The molecular weight excluding hydrogens is 340 g/mol. The minimum absolute atomic E-state index is 0.116. The first-order valence-electron chi connectivity index (χ1n) is 9.44. The number of carbonyl (C=O) groups excluding carboxylic acids is 2. The zero-order valence-electron chi connectivity index (χ0n) is 15.5. The standard InChI is InChI=1S/C22H24N2O3/c1-16-12-23(13-17-8-4-2-5-9-17)14-19(16)21(25)24-20(15-27-22(24)26)18-10-6-3-7-11-18/h2-11,16,19-20H,12-15H2,1H3/t16-,19-,20-/m1/s1. The summed E-state index contributed by atoms with van der Waals surface area (Å²) in [4.78, 5) is 29.2. The van der Waals surface area contributed by atoms with Gasteiger partial charge < -0.3 is 4.74 Å². The summed E-state index contributed by atoms with van der Waals surface area (Å²) in [6.45, 7) is 4.65. The van der Waals surface area contributed by atoms with Gasteiger partial charge in [0.1, 0.15) is 12.6 Å². The Balaban J connectivity index is 1.49. The third-order valence-corrected chi connectivity index (χ3v) is 5.55. The van der Waals surface area contributed by atoms with Gasteiger partial charge >= 0.3 is 6.09 Å². The van der Waals surface area contributed by atoms with Gasteiger partial charge in [0.15, 0.2) is 0 Å². The summed E-state index contributed by atoms with van der Waals surface area (Å²) in [5.74, 6) is -0.106. The number of likely N-dealkylation sites (tertiary alicyclic amines) is 1. The predicted molar refractivity (Wildman–Crippen MR) is 102 cm³/mol. The topological polar surface area (TPSA) is 49.9 Å². The van der Waals surface area contributed by atoms with E-state index < -0.39 is 6.09 Å². The maximum Gasteiger partial charge on any atom is 0.417 e. The SMILES string of the molecule is C[C@@H]1CN(Cc2ccccc2)C[C@H]1C(=O)N1C(=O)OC[C@@H]1c1ccccc1. The van der Waals surface area contributed by atoms with E-state index in [1.807, 2.05) is 48.5 Å². The summed E-state index contributed by atoms with van der Waals surface area (Å²) in [6.07, 6.45) is -0.525. The number of nitrogens with zero attached hydrogens (tertiary/aromatic N) is 2. The van der Waals surface area contributed by atoms with E-state index >= 15 is 0 Å². The second-order valence-corrected chi connectivity index (χ2v) is 7.48. The van der Waals surface area contributed by atoms with Gasteiger partial charge in [0.25, 0.3) is 0 Å². The Hall–Kier alpha value is -2.66. The highest BCUT2D eigenvalue weighted by atomic mass is 16.6. The molecule has 5 nitrogen and oxygen atoms in total. The van der Waals surface area contributed by atoms with Crippen molar-refractivity contribution in [2.45, 2.75) is 19.5 Å². The molecule has 2 aromatic rings. The van der Waals surface area contributed by atoms with E-state index in [0.29, 0.717) is 6.54 Å². The van der Waals surface area contributed by atoms with Crippen LogP contribution < -0.4 is 0 Å². The summed E-state index contributed by atoms with van der Waals surface area (Å²) in [6, 6.07) is 19.6. The molecule has 0 saturated carbocycles. The van der Waals surface area contributed by atoms with Crippen LogP contribution in [0.1, 0.15) is 24.1 Å². The average Bonchev–Trinajstić information content (AvgIpc) is 3.25. The molecule has 2 aliphatic rings. The van der Waals surface area contributed by atoms with Crippen LogP contribution >= 0.6 is 0 Å². The van der Waals surface area contributed by atoms with Crippen LogP contribution in [0.3, 0.4) is 0 Å². The fourth-order valence-electron chi connectivity index (χ4n) is 4.12. The first-order valence-corrected chi connectivity index (χ1v) is 9.44. The van der Waals surface area contributed by atoms with Crippen molar-refractivity contribution in [3.05, 3.63) is 71.8 Å². The summed E-state index contributed by atoms with van der Waals surface area (Å²) >= 11 is 0. The minimum Gasteiger partial charge on any atom is -0.446 e. The third-order valence-electron chi connectivity index (χ3n) is 5.55. The van der Waals surface area contributed by atoms with Crippen LogP contribution in [0.25, 0.3) is 0 Å². The van der Waals surface area contributed by atoms with Gasteiger partial charge in [-0.05, 0) is 17.0 Å². The number of carbonyl (C=O) groups is 2. The molecule has 2 heterocycles. The van der Waals surface area contributed by atoms with Gasteiger partial charge in [0.2, 0.25) is 5.91 Å². The lowest BCUT2D eigenvalue weighted by Crippen LogP contribution is -2.41. The van der Waals surface area contributed by atoms with E-state index in [-0.39, 0.29) is 30.4 Å². The molecule has 0 aromatic heterocycles. The van der Waals surface area contributed by atoms with E-state index in [4.69, 9.17) is 4.74 Å². The Morgan fingerprint density at radius 1 is 1.04 bits per heavy atom. The lowest BCUT2D eigenvalue weighted by molar-refractivity contribution is -0.134. The van der Waals surface area contributed by atoms with Gasteiger partial charge in [-0.2, -0.15) is 0 Å². The molecule has 4 rings (SSSR count). The van der Waals surface area contributed by atoms with Crippen molar-refractivity contribution >= 4 is 12.0 Å². The quantitative estimate of drug-likeness (QED) is 0.833. The smallest absolute Gasteiger partial charge is 0.417 e. The van der Waals surface area contributed by atoms with Crippen LogP contribution in [0.5, 0.6) is 0 Å². The van der Waals surface area contributed by atoms with Crippen molar-refractivity contribution < 1.29 is 14.3 Å². The van der Waals surface area contributed by atoms with E-state index in [1.54, 1.807) is 0 Å². The van der Waals surface area contributed by atoms with Crippen molar-refractivity contribution in [1.82, 2.24) is 9.80 Å². The molecule has 5 heteroatoms. The van der Waals surface area contributed by atoms with Gasteiger partial charge in [0, 0.05) is 19.6 Å². The van der Waals surface area contributed by atoms with Gasteiger partial charge in [-0.25, -0.2) is 9.69 Å². The molecule has 2 aromatic carbocycles. The zero-order valence-corrected chi connectivity index (χ0v) is 15.5. The number of benzene rings is 2. The van der Waals surface area contributed by atoms with Crippen molar-refractivity contribution in [1.29, 1.82) is 0 Å². The molecule has 0 aliphatic carbocycles. The lowest BCUT2D eigenvalue weighted by Gasteiger charge is -2.24. The number of hydrogen-bond donors (Lipinski definition) is 0. The van der Waals surface area contributed by atoms with Gasteiger partial charge in [0.05, 0.1) is 5.92 Å². The Bertz CT molecular complexity index is 809. The second-order valence-electron chi connectivity index (χ2n) is 7.48. The molecule has 0 N–H and O–H groups in total. The molecular formula is C22H24N2O3. The highest BCUT2D eigenvalue weighted by Crippen LogP contribution is 2.33. The number of imide groups is 1.